The summed E-state index contributed by atoms with van der Waals surface area (Å²) in [6.45, 7) is 0. The summed E-state index contributed by atoms with van der Waals surface area (Å²) in [6, 6.07) is 21.3. The van der Waals surface area contributed by atoms with Gasteiger partial charge in [-0.25, -0.2) is 9.48 Å². The molecule has 4 rings (SSSR count). The van der Waals surface area contributed by atoms with Gasteiger partial charge in [0, 0.05) is 24.2 Å². The zero-order chi connectivity index (χ0) is 15.8. The van der Waals surface area contributed by atoms with Crippen LogP contribution in [0.25, 0.3) is 33.5 Å². The summed E-state index contributed by atoms with van der Waals surface area (Å²) in [4.78, 5) is 12.0. The van der Waals surface area contributed by atoms with Crippen molar-refractivity contribution in [3.63, 3.8) is 0 Å². The Morgan fingerprint density at radius 2 is 1.52 bits per heavy atom. The second kappa shape index (κ2) is 5.25. The fourth-order valence-electron chi connectivity index (χ4n) is 2.83. The van der Waals surface area contributed by atoms with Crippen molar-refractivity contribution in [1.82, 2.24) is 9.78 Å². The van der Waals surface area contributed by atoms with E-state index in [1.165, 1.54) is 6.07 Å². The van der Waals surface area contributed by atoms with E-state index in [9.17, 15) is 4.79 Å². The predicted octanol–water partition coefficient (Wildman–Crippen LogP) is 3.86. The van der Waals surface area contributed by atoms with Crippen molar-refractivity contribution in [2.75, 3.05) is 0 Å². The molecule has 4 aromatic rings. The van der Waals surface area contributed by atoms with Crippen molar-refractivity contribution in [1.29, 1.82) is 0 Å². The molecule has 0 atom stereocenters. The number of hydrogen-bond acceptors (Lipinski definition) is 3. The van der Waals surface area contributed by atoms with Gasteiger partial charge >= 0.3 is 5.63 Å². The molecule has 4 heteroatoms. The maximum absolute atomic E-state index is 12.0. The Hall–Kier alpha value is -3.14. The average Bonchev–Trinajstić information content (AvgIpc) is 2.93. The van der Waals surface area contributed by atoms with Crippen LogP contribution in [-0.2, 0) is 7.05 Å². The molecule has 0 fully saturated rings. The van der Waals surface area contributed by atoms with Crippen LogP contribution in [0.3, 0.4) is 0 Å². The summed E-state index contributed by atoms with van der Waals surface area (Å²) in [5.41, 5.74) is 3.71. The van der Waals surface area contributed by atoms with Gasteiger partial charge < -0.3 is 4.42 Å². The second-order valence-electron chi connectivity index (χ2n) is 5.36. The molecular formula is C19H14N2O2. The molecule has 0 aliphatic heterocycles. The summed E-state index contributed by atoms with van der Waals surface area (Å²) < 4.78 is 7.02. The third-order valence-electron chi connectivity index (χ3n) is 3.86. The van der Waals surface area contributed by atoms with E-state index in [0.29, 0.717) is 5.71 Å². The first-order valence-corrected chi connectivity index (χ1v) is 7.36. The molecule has 112 valence electrons. The molecule has 0 N–H and O–H groups in total. The Balaban J connectivity index is 2.13. The zero-order valence-electron chi connectivity index (χ0n) is 12.6. The van der Waals surface area contributed by atoms with Gasteiger partial charge in [0.1, 0.15) is 5.69 Å². The van der Waals surface area contributed by atoms with Gasteiger partial charge in [-0.3, -0.25) is 0 Å². The number of rotatable bonds is 2. The normalized spacial score (nSPS) is 11.0. The van der Waals surface area contributed by atoms with Crippen LogP contribution in [0.2, 0.25) is 0 Å². The molecule has 2 aromatic carbocycles. The molecule has 0 aliphatic carbocycles. The summed E-state index contributed by atoms with van der Waals surface area (Å²) >= 11 is 0. The van der Waals surface area contributed by atoms with E-state index in [-0.39, 0.29) is 5.63 Å². The van der Waals surface area contributed by atoms with Crippen LogP contribution >= 0.6 is 0 Å². The Labute approximate surface area is 132 Å². The standard InChI is InChI=1S/C19H14N2O2/c1-21-19-17(18(20-21)14-10-6-3-7-11-14)15(12-16(22)23-19)13-8-4-2-5-9-13/h2-12H,1H3. The maximum atomic E-state index is 12.0. The van der Waals surface area contributed by atoms with E-state index >= 15 is 0 Å². The molecule has 0 spiro atoms. The minimum absolute atomic E-state index is 0.376. The van der Waals surface area contributed by atoms with Crippen LogP contribution in [0.5, 0.6) is 0 Å². The first-order valence-electron chi connectivity index (χ1n) is 7.36. The lowest BCUT2D eigenvalue weighted by atomic mass is 10.0. The highest BCUT2D eigenvalue weighted by Gasteiger charge is 2.18. The largest absolute Gasteiger partial charge is 0.404 e. The van der Waals surface area contributed by atoms with Crippen molar-refractivity contribution in [2.45, 2.75) is 0 Å². The molecule has 4 nitrogen and oxygen atoms in total. The molecule has 2 heterocycles. The lowest BCUT2D eigenvalue weighted by molar-refractivity contribution is 0.524. The highest BCUT2D eigenvalue weighted by Crippen LogP contribution is 2.34. The Kier molecular flexibility index (Phi) is 3.08. The van der Waals surface area contributed by atoms with Crippen molar-refractivity contribution in [3.05, 3.63) is 77.2 Å². The quantitative estimate of drug-likeness (QED) is 0.565. The van der Waals surface area contributed by atoms with Gasteiger partial charge in [-0.05, 0) is 5.56 Å². The van der Waals surface area contributed by atoms with Gasteiger partial charge in [-0.1, -0.05) is 60.7 Å². The minimum atomic E-state index is -0.376. The van der Waals surface area contributed by atoms with E-state index < -0.39 is 0 Å². The average molecular weight is 302 g/mol. The maximum Gasteiger partial charge on any atom is 0.338 e. The lowest BCUT2D eigenvalue weighted by Gasteiger charge is -2.04. The summed E-state index contributed by atoms with van der Waals surface area (Å²) in [6.07, 6.45) is 0. The smallest absolute Gasteiger partial charge is 0.338 e. The molecule has 0 radical (unpaired) electrons. The molecule has 0 saturated carbocycles. The number of aromatic nitrogens is 2. The number of benzene rings is 2. The van der Waals surface area contributed by atoms with Crippen LogP contribution in [0.4, 0.5) is 0 Å². The number of nitrogens with zero attached hydrogens (tertiary/aromatic N) is 2. The monoisotopic (exact) mass is 302 g/mol. The highest BCUT2D eigenvalue weighted by molar-refractivity contribution is 6.01. The SMILES string of the molecule is Cn1nc(-c2ccccc2)c2c(-c3ccccc3)cc(=O)oc21. The molecule has 0 saturated heterocycles. The fourth-order valence-corrected chi connectivity index (χ4v) is 2.83. The van der Waals surface area contributed by atoms with Gasteiger partial charge in [0.2, 0.25) is 5.71 Å². The molecule has 0 amide bonds. The van der Waals surface area contributed by atoms with Gasteiger partial charge in [0.05, 0.1) is 5.39 Å². The summed E-state index contributed by atoms with van der Waals surface area (Å²) in [7, 11) is 1.78. The molecule has 0 aliphatic rings. The van der Waals surface area contributed by atoms with Crippen molar-refractivity contribution in [2.24, 2.45) is 7.05 Å². The Morgan fingerprint density at radius 3 is 2.17 bits per heavy atom. The van der Waals surface area contributed by atoms with Crippen molar-refractivity contribution < 1.29 is 4.42 Å². The van der Waals surface area contributed by atoms with Crippen LogP contribution < -0.4 is 5.63 Å². The van der Waals surface area contributed by atoms with Crippen LogP contribution in [0, 0.1) is 0 Å². The van der Waals surface area contributed by atoms with Gasteiger partial charge in [0.15, 0.2) is 0 Å². The number of aryl methyl sites for hydroxylation is 1. The Bertz CT molecular complexity index is 1030. The molecule has 2 aromatic heterocycles. The summed E-state index contributed by atoms with van der Waals surface area (Å²) in [5, 5.41) is 5.42. The number of hydrogen-bond donors (Lipinski definition) is 0. The van der Waals surface area contributed by atoms with Crippen LogP contribution in [0.15, 0.2) is 75.9 Å². The molecule has 0 unspecified atom stereocenters. The van der Waals surface area contributed by atoms with Crippen LogP contribution in [-0.4, -0.2) is 9.78 Å². The lowest BCUT2D eigenvalue weighted by Crippen LogP contribution is -2.00. The molecular weight excluding hydrogens is 288 g/mol. The number of fused-ring (bicyclic) bond motifs is 1. The Morgan fingerprint density at radius 1 is 0.913 bits per heavy atom. The molecule has 23 heavy (non-hydrogen) atoms. The zero-order valence-corrected chi connectivity index (χ0v) is 12.6. The topological polar surface area (TPSA) is 48.0 Å². The van der Waals surface area contributed by atoms with E-state index in [1.807, 2.05) is 60.7 Å². The first-order chi connectivity index (χ1) is 11.2. The van der Waals surface area contributed by atoms with E-state index in [4.69, 9.17) is 4.42 Å². The van der Waals surface area contributed by atoms with Crippen molar-refractivity contribution >= 4 is 11.1 Å². The fraction of sp³-hybridized carbons (Fsp3) is 0.0526. The summed E-state index contributed by atoms with van der Waals surface area (Å²) in [5.74, 6) is 0. The van der Waals surface area contributed by atoms with E-state index in [1.54, 1.807) is 11.7 Å². The first kappa shape index (κ1) is 13.5. The predicted molar refractivity (Wildman–Crippen MR) is 90.1 cm³/mol. The third kappa shape index (κ3) is 2.25. The van der Waals surface area contributed by atoms with Gasteiger partial charge in [0.25, 0.3) is 0 Å². The second-order valence-corrected chi connectivity index (χ2v) is 5.36. The molecule has 0 bridgehead atoms. The van der Waals surface area contributed by atoms with Crippen LogP contribution in [0.1, 0.15) is 0 Å². The minimum Gasteiger partial charge on any atom is -0.404 e. The van der Waals surface area contributed by atoms with Gasteiger partial charge in [-0.15, -0.1) is 0 Å². The van der Waals surface area contributed by atoms with Crippen molar-refractivity contribution in [3.8, 4) is 22.4 Å². The highest BCUT2D eigenvalue weighted by atomic mass is 16.4. The third-order valence-corrected chi connectivity index (χ3v) is 3.86. The van der Waals surface area contributed by atoms with Gasteiger partial charge in [-0.2, -0.15) is 5.10 Å². The van der Waals surface area contributed by atoms with E-state index in [2.05, 4.69) is 5.10 Å². The van der Waals surface area contributed by atoms with E-state index in [0.717, 1.165) is 27.8 Å².